The summed E-state index contributed by atoms with van der Waals surface area (Å²) in [6.45, 7) is 3.77. The van der Waals surface area contributed by atoms with E-state index in [0.29, 0.717) is 11.6 Å². The van der Waals surface area contributed by atoms with E-state index in [0.717, 1.165) is 43.3 Å². The van der Waals surface area contributed by atoms with Gasteiger partial charge in [-0.05, 0) is 32.6 Å². The minimum atomic E-state index is -0.106. The molecule has 0 radical (unpaired) electrons. The number of amides is 1. The summed E-state index contributed by atoms with van der Waals surface area (Å²) in [5.74, 6) is 2.41. The van der Waals surface area contributed by atoms with Crippen LogP contribution in [0.3, 0.4) is 0 Å². The molecule has 1 unspecified atom stereocenters. The molecule has 25 heavy (non-hydrogen) atoms. The number of aryl methyl sites for hydroxylation is 2. The lowest BCUT2D eigenvalue weighted by molar-refractivity contribution is 0.0928. The maximum absolute atomic E-state index is 12.3. The lowest BCUT2D eigenvalue weighted by Crippen LogP contribution is -2.48. The largest absolute Gasteiger partial charge is 0.354 e. The van der Waals surface area contributed by atoms with Crippen molar-refractivity contribution < 1.29 is 4.79 Å². The van der Waals surface area contributed by atoms with E-state index in [9.17, 15) is 4.79 Å². The summed E-state index contributed by atoms with van der Waals surface area (Å²) >= 11 is 0. The molecular weight excluding hydrogens is 316 g/mol. The molecule has 132 valence electrons. The minimum absolute atomic E-state index is 0.106. The molecule has 1 saturated carbocycles. The Labute approximate surface area is 147 Å². The Morgan fingerprint density at radius 2 is 2.12 bits per heavy atom. The van der Waals surface area contributed by atoms with Gasteiger partial charge >= 0.3 is 0 Å². The highest BCUT2D eigenvalue weighted by atomic mass is 16.2. The molecule has 3 heterocycles. The number of hydrogen-bond acceptors (Lipinski definition) is 5. The van der Waals surface area contributed by atoms with Crippen molar-refractivity contribution in [1.82, 2.24) is 24.8 Å². The first-order valence-corrected chi connectivity index (χ1v) is 8.98. The van der Waals surface area contributed by atoms with Crippen molar-refractivity contribution in [2.45, 2.75) is 44.6 Å². The van der Waals surface area contributed by atoms with Gasteiger partial charge in [-0.25, -0.2) is 15.0 Å². The number of carbonyl (C=O) groups is 1. The van der Waals surface area contributed by atoms with Crippen molar-refractivity contribution in [3.8, 4) is 0 Å². The van der Waals surface area contributed by atoms with Gasteiger partial charge < -0.3 is 14.8 Å². The van der Waals surface area contributed by atoms with Crippen LogP contribution in [0.5, 0.6) is 0 Å². The lowest BCUT2D eigenvalue weighted by Gasteiger charge is -2.34. The normalized spacial score (nSPS) is 20.6. The Morgan fingerprint density at radius 1 is 1.28 bits per heavy atom. The van der Waals surface area contributed by atoms with Crippen LogP contribution in [-0.4, -0.2) is 44.6 Å². The van der Waals surface area contributed by atoms with E-state index in [4.69, 9.17) is 4.98 Å². The second-order valence-electron chi connectivity index (χ2n) is 7.18. The second kappa shape index (κ2) is 6.46. The fourth-order valence-electron chi connectivity index (χ4n) is 3.35. The average Bonchev–Trinajstić information content (AvgIpc) is 3.36. The van der Waals surface area contributed by atoms with Gasteiger partial charge in [-0.15, -0.1) is 0 Å². The number of carbonyl (C=O) groups excluding carboxylic acids is 1. The number of nitrogens with one attached hydrogen (secondary N) is 1. The van der Waals surface area contributed by atoms with Crippen LogP contribution >= 0.6 is 0 Å². The molecule has 0 bridgehead atoms. The molecule has 2 fully saturated rings. The molecule has 2 aliphatic rings. The fraction of sp³-hybridized carbons (Fsp3) is 0.556. The third-order valence-corrected chi connectivity index (χ3v) is 4.82. The molecule has 1 N–H and O–H groups in total. The van der Waals surface area contributed by atoms with Crippen molar-refractivity contribution in [1.29, 1.82) is 0 Å². The molecule has 0 aromatic carbocycles. The van der Waals surface area contributed by atoms with Gasteiger partial charge in [0.15, 0.2) is 0 Å². The third kappa shape index (κ3) is 3.65. The Balaban J connectivity index is 1.45. The van der Waals surface area contributed by atoms with Gasteiger partial charge in [0.2, 0.25) is 0 Å². The van der Waals surface area contributed by atoms with Crippen LogP contribution < -0.4 is 10.2 Å². The summed E-state index contributed by atoms with van der Waals surface area (Å²) < 4.78 is 1.78. The Bertz CT molecular complexity index is 782. The zero-order valence-corrected chi connectivity index (χ0v) is 14.8. The van der Waals surface area contributed by atoms with Crippen LogP contribution in [0.4, 0.5) is 5.82 Å². The summed E-state index contributed by atoms with van der Waals surface area (Å²) in [7, 11) is 1.86. The first kappa shape index (κ1) is 16.1. The molecule has 1 aliphatic carbocycles. The number of anilines is 1. The highest BCUT2D eigenvalue weighted by Gasteiger charge is 2.29. The highest BCUT2D eigenvalue weighted by molar-refractivity contribution is 5.92. The van der Waals surface area contributed by atoms with Crippen molar-refractivity contribution in [2.75, 3.05) is 18.0 Å². The van der Waals surface area contributed by atoms with Gasteiger partial charge in [-0.3, -0.25) is 4.79 Å². The van der Waals surface area contributed by atoms with Crippen LogP contribution in [0.2, 0.25) is 0 Å². The number of aromatic nitrogens is 4. The van der Waals surface area contributed by atoms with Crippen LogP contribution in [-0.2, 0) is 7.05 Å². The fourth-order valence-corrected chi connectivity index (χ4v) is 3.35. The van der Waals surface area contributed by atoms with Gasteiger partial charge in [-0.1, -0.05) is 0 Å². The van der Waals surface area contributed by atoms with Crippen LogP contribution in [0.25, 0.3) is 0 Å². The van der Waals surface area contributed by atoms with E-state index in [1.807, 2.05) is 14.0 Å². The van der Waals surface area contributed by atoms with Crippen LogP contribution in [0.1, 0.15) is 53.6 Å². The zero-order chi connectivity index (χ0) is 17.4. The van der Waals surface area contributed by atoms with E-state index < -0.39 is 0 Å². The molecular formula is C18H24N6O. The van der Waals surface area contributed by atoms with E-state index >= 15 is 0 Å². The summed E-state index contributed by atoms with van der Waals surface area (Å²) in [6.07, 6.45) is 7.80. The third-order valence-electron chi connectivity index (χ3n) is 4.82. The lowest BCUT2D eigenvalue weighted by atomic mass is 10.1. The molecule has 1 aliphatic heterocycles. The number of rotatable bonds is 4. The molecule has 1 amide bonds. The maximum Gasteiger partial charge on any atom is 0.271 e. The predicted molar refractivity (Wildman–Crippen MR) is 94.7 cm³/mol. The average molecular weight is 340 g/mol. The smallest absolute Gasteiger partial charge is 0.271 e. The van der Waals surface area contributed by atoms with E-state index in [1.54, 1.807) is 17.1 Å². The van der Waals surface area contributed by atoms with Crippen molar-refractivity contribution in [3.05, 3.63) is 35.8 Å². The molecule has 7 heteroatoms. The van der Waals surface area contributed by atoms with Crippen LogP contribution in [0.15, 0.2) is 18.6 Å². The van der Waals surface area contributed by atoms with Crippen molar-refractivity contribution >= 4 is 11.7 Å². The molecule has 1 saturated heterocycles. The predicted octanol–water partition coefficient (Wildman–Crippen LogP) is 1.79. The van der Waals surface area contributed by atoms with Crippen molar-refractivity contribution in [2.24, 2.45) is 7.05 Å². The Hall–Kier alpha value is -2.44. The molecule has 0 spiro atoms. The second-order valence-corrected chi connectivity index (χ2v) is 7.18. The SMILES string of the molecule is Cc1cc(N2CCCC(NC(=O)c3cn(C)cn3)C2)nc(C2CC2)n1. The molecule has 4 rings (SSSR count). The number of hydrogen-bond donors (Lipinski definition) is 1. The summed E-state index contributed by atoms with van der Waals surface area (Å²) in [5.41, 5.74) is 1.49. The zero-order valence-electron chi connectivity index (χ0n) is 14.8. The molecule has 2 aromatic heterocycles. The van der Waals surface area contributed by atoms with Gasteiger partial charge in [-0.2, -0.15) is 0 Å². The Morgan fingerprint density at radius 3 is 2.84 bits per heavy atom. The standard InChI is InChI=1S/C18H24N6O/c1-12-8-16(22-17(20-12)13-5-6-13)24-7-3-4-14(9-24)21-18(25)15-10-23(2)11-19-15/h8,10-11,13-14H,3-7,9H2,1-2H3,(H,21,25). The topological polar surface area (TPSA) is 75.9 Å². The quantitative estimate of drug-likeness (QED) is 0.918. The summed E-state index contributed by atoms with van der Waals surface area (Å²) in [6, 6.07) is 2.16. The van der Waals surface area contributed by atoms with Gasteiger partial charge in [0, 0.05) is 50.1 Å². The first-order chi connectivity index (χ1) is 12.1. The van der Waals surface area contributed by atoms with Crippen LogP contribution in [0, 0.1) is 6.92 Å². The molecule has 2 aromatic rings. The molecule has 1 atom stereocenters. The molecule has 7 nitrogen and oxygen atoms in total. The minimum Gasteiger partial charge on any atom is -0.354 e. The maximum atomic E-state index is 12.3. The Kier molecular flexibility index (Phi) is 4.15. The summed E-state index contributed by atoms with van der Waals surface area (Å²) in [5, 5.41) is 3.11. The van der Waals surface area contributed by atoms with Gasteiger partial charge in [0.05, 0.1) is 6.33 Å². The van der Waals surface area contributed by atoms with Gasteiger partial charge in [0.1, 0.15) is 17.3 Å². The number of nitrogens with zero attached hydrogens (tertiary/aromatic N) is 5. The van der Waals surface area contributed by atoms with Crippen molar-refractivity contribution in [3.63, 3.8) is 0 Å². The highest BCUT2D eigenvalue weighted by Crippen LogP contribution is 2.38. The van der Waals surface area contributed by atoms with Gasteiger partial charge in [0.25, 0.3) is 5.91 Å². The van der Waals surface area contributed by atoms with E-state index in [-0.39, 0.29) is 11.9 Å². The first-order valence-electron chi connectivity index (χ1n) is 8.98. The summed E-state index contributed by atoms with van der Waals surface area (Å²) in [4.78, 5) is 28.1. The number of imidazole rings is 1. The van der Waals surface area contributed by atoms with E-state index in [2.05, 4.69) is 26.3 Å². The number of piperidine rings is 1. The monoisotopic (exact) mass is 340 g/mol. The van der Waals surface area contributed by atoms with E-state index in [1.165, 1.54) is 12.8 Å².